The molecule has 0 amide bonds. The maximum Gasteiger partial charge on any atom is 0.316 e. The van der Waals surface area contributed by atoms with Gasteiger partial charge in [-0.3, -0.25) is 14.2 Å². The molecule has 0 spiro atoms. The molecule has 0 saturated heterocycles. The molecule has 0 atom stereocenters. The normalized spacial score (nSPS) is 12.6. The van der Waals surface area contributed by atoms with Crippen molar-refractivity contribution in [3.05, 3.63) is 34.2 Å². The highest BCUT2D eigenvalue weighted by molar-refractivity contribution is 8.00. The number of aromatic nitrogens is 2. The number of carbonyl (C=O) groups is 1. The molecule has 0 N–H and O–H groups in total. The number of benzene rings is 1. The minimum absolute atomic E-state index is 0.0828. The zero-order valence-corrected chi connectivity index (χ0v) is 16.9. The standard InChI is InChI=1S/C18H20N2O5S2/c1-4-25-15(21)10-27-18-19-12-7-8-26-16(12)17(22)20(18)11-5-6-13(23-2)14(9-11)24-3/h5-6,9H,4,7-8,10H2,1-3H3. The van der Waals surface area contributed by atoms with Crippen LogP contribution in [0.5, 0.6) is 11.5 Å². The van der Waals surface area contributed by atoms with Gasteiger partial charge >= 0.3 is 5.97 Å². The van der Waals surface area contributed by atoms with Crippen molar-refractivity contribution >= 4 is 29.5 Å². The Bertz CT molecular complexity index is 913. The molecule has 144 valence electrons. The number of fused-ring (bicyclic) bond motifs is 1. The number of carbonyl (C=O) groups excluding carboxylic acids is 1. The molecule has 0 aliphatic carbocycles. The van der Waals surface area contributed by atoms with E-state index >= 15 is 0 Å². The van der Waals surface area contributed by atoms with Crippen molar-refractivity contribution in [3.63, 3.8) is 0 Å². The van der Waals surface area contributed by atoms with Crippen LogP contribution in [-0.4, -0.2) is 47.9 Å². The topological polar surface area (TPSA) is 79.7 Å². The average Bonchev–Trinajstić information content (AvgIpc) is 3.15. The van der Waals surface area contributed by atoms with Crippen molar-refractivity contribution in [1.82, 2.24) is 9.55 Å². The molecule has 9 heteroatoms. The number of rotatable bonds is 7. The molecule has 3 rings (SSSR count). The number of hydrogen-bond donors (Lipinski definition) is 0. The maximum absolute atomic E-state index is 13.1. The minimum atomic E-state index is -0.342. The lowest BCUT2D eigenvalue weighted by Crippen LogP contribution is -2.24. The number of thioether (sulfide) groups is 2. The van der Waals surface area contributed by atoms with E-state index in [0.717, 1.165) is 17.9 Å². The Morgan fingerprint density at radius 1 is 1.30 bits per heavy atom. The first-order valence-electron chi connectivity index (χ1n) is 8.38. The molecule has 1 aliphatic rings. The third kappa shape index (κ3) is 4.08. The van der Waals surface area contributed by atoms with E-state index < -0.39 is 0 Å². The highest BCUT2D eigenvalue weighted by Crippen LogP contribution is 2.33. The quantitative estimate of drug-likeness (QED) is 0.393. The fraction of sp³-hybridized carbons (Fsp3) is 0.389. The fourth-order valence-corrected chi connectivity index (χ4v) is 4.56. The Balaban J connectivity index is 2.07. The van der Waals surface area contributed by atoms with Crippen LogP contribution in [0.25, 0.3) is 5.69 Å². The first-order valence-corrected chi connectivity index (χ1v) is 10.4. The summed E-state index contributed by atoms with van der Waals surface area (Å²) in [6, 6.07) is 5.23. The first kappa shape index (κ1) is 19.6. The largest absolute Gasteiger partial charge is 0.493 e. The van der Waals surface area contributed by atoms with Gasteiger partial charge in [0.1, 0.15) is 0 Å². The molecule has 0 unspecified atom stereocenters. The zero-order chi connectivity index (χ0) is 19.4. The molecule has 0 fully saturated rings. The molecule has 0 bridgehead atoms. The molecule has 7 nitrogen and oxygen atoms in total. The number of esters is 1. The van der Waals surface area contributed by atoms with Crippen molar-refractivity contribution in [2.75, 3.05) is 32.3 Å². The van der Waals surface area contributed by atoms with Crippen molar-refractivity contribution in [1.29, 1.82) is 0 Å². The van der Waals surface area contributed by atoms with Crippen LogP contribution in [0.2, 0.25) is 0 Å². The third-order valence-electron chi connectivity index (χ3n) is 3.92. The summed E-state index contributed by atoms with van der Waals surface area (Å²) in [6.45, 7) is 2.07. The van der Waals surface area contributed by atoms with Crippen LogP contribution in [0.4, 0.5) is 0 Å². The molecule has 1 aromatic carbocycles. The number of hydrogen-bond acceptors (Lipinski definition) is 8. The highest BCUT2D eigenvalue weighted by Gasteiger charge is 2.23. The lowest BCUT2D eigenvalue weighted by Gasteiger charge is -2.15. The molecule has 0 radical (unpaired) electrons. The van der Waals surface area contributed by atoms with Gasteiger partial charge in [0.05, 0.1) is 42.9 Å². The number of methoxy groups -OCH3 is 2. The Labute approximate surface area is 165 Å². The summed E-state index contributed by atoms with van der Waals surface area (Å²) in [5.74, 6) is 1.65. The molecule has 0 saturated carbocycles. The minimum Gasteiger partial charge on any atom is -0.493 e. The SMILES string of the molecule is CCOC(=O)CSc1nc2c(c(=O)n1-c1ccc(OC)c(OC)c1)SCC2. The Morgan fingerprint density at radius 2 is 2.07 bits per heavy atom. The summed E-state index contributed by atoms with van der Waals surface area (Å²) >= 11 is 2.70. The molecule has 1 aromatic heterocycles. The summed E-state index contributed by atoms with van der Waals surface area (Å²) in [5.41, 5.74) is 1.25. The monoisotopic (exact) mass is 408 g/mol. The molecular formula is C18H20N2O5S2. The fourth-order valence-electron chi connectivity index (χ4n) is 2.71. The number of aryl methyl sites for hydroxylation is 1. The van der Waals surface area contributed by atoms with Gasteiger partial charge in [-0.15, -0.1) is 11.8 Å². The van der Waals surface area contributed by atoms with Gasteiger partial charge in [-0.25, -0.2) is 4.98 Å². The van der Waals surface area contributed by atoms with E-state index in [2.05, 4.69) is 4.98 Å². The van der Waals surface area contributed by atoms with Gasteiger partial charge in [0, 0.05) is 18.2 Å². The van der Waals surface area contributed by atoms with Crippen LogP contribution in [0.1, 0.15) is 12.6 Å². The summed E-state index contributed by atoms with van der Waals surface area (Å²) in [7, 11) is 3.09. The van der Waals surface area contributed by atoms with Gasteiger partial charge in [-0.2, -0.15) is 0 Å². The molecular weight excluding hydrogens is 388 g/mol. The number of ether oxygens (including phenoxy) is 3. The lowest BCUT2D eigenvalue weighted by atomic mass is 10.2. The van der Waals surface area contributed by atoms with Crippen LogP contribution in [-0.2, 0) is 16.0 Å². The van der Waals surface area contributed by atoms with E-state index in [-0.39, 0.29) is 17.3 Å². The second kappa shape index (κ2) is 8.71. The maximum atomic E-state index is 13.1. The van der Waals surface area contributed by atoms with E-state index in [1.54, 1.807) is 32.2 Å². The summed E-state index contributed by atoms with van der Waals surface area (Å²) < 4.78 is 17.1. The predicted octanol–water partition coefficient (Wildman–Crippen LogP) is 2.55. The van der Waals surface area contributed by atoms with Crippen LogP contribution in [0.3, 0.4) is 0 Å². The summed E-state index contributed by atoms with van der Waals surface area (Å²) in [4.78, 5) is 30.2. The van der Waals surface area contributed by atoms with Gasteiger partial charge < -0.3 is 14.2 Å². The van der Waals surface area contributed by atoms with E-state index in [4.69, 9.17) is 14.2 Å². The Hall–Kier alpha value is -2.13. The second-order valence-corrected chi connectivity index (χ2v) is 7.59. The molecule has 2 aromatic rings. The average molecular weight is 409 g/mol. The predicted molar refractivity (Wildman–Crippen MR) is 105 cm³/mol. The zero-order valence-electron chi connectivity index (χ0n) is 15.3. The highest BCUT2D eigenvalue weighted by atomic mass is 32.2. The van der Waals surface area contributed by atoms with Crippen molar-refractivity contribution in [2.24, 2.45) is 0 Å². The third-order valence-corrected chi connectivity index (χ3v) is 5.94. The van der Waals surface area contributed by atoms with E-state index in [1.165, 1.54) is 35.2 Å². The van der Waals surface area contributed by atoms with Crippen molar-refractivity contribution in [3.8, 4) is 17.2 Å². The molecule has 1 aliphatic heterocycles. The van der Waals surface area contributed by atoms with Crippen LogP contribution in [0.15, 0.2) is 33.0 Å². The van der Waals surface area contributed by atoms with Crippen LogP contribution >= 0.6 is 23.5 Å². The van der Waals surface area contributed by atoms with Crippen LogP contribution in [0, 0.1) is 0 Å². The van der Waals surface area contributed by atoms with Gasteiger partial charge in [0.25, 0.3) is 5.56 Å². The molecule has 27 heavy (non-hydrogen) atoms. The number of nitrogens with zero attached hydrogens (tertiary/aromatic N) is 2. The smallest absolute Gasteiger partial charge is 0.316 e. The summed E-state index contributed by atoms with van der Waals surface area (Å²) in [5, 5.41) is 0.460. The van der Waals surface area contributed by atoms with Gasteiger partial charge in [0.15, 0.2) is 16.7 Å². The van der Waals surface area contributed by atoms with Gasteiger partial charge in [-0.05, 0) is 19.1 Å². The van der Waals surface area contributed by atoms with E-state index in [9.17, 15) is 9.59 Å². The Kier molecular flexibility index (Phi) is 6.33. The van der Waals surface area contributed by atoms with Crippen molar-refractivity contribution < 1.29 is 19.0 Å². The summed E-state index contributed by atoms with van der Waals surface area (Å²) in [6.07, 6.45) is 0.745. The Morgan fingerprint density at radius 3 is 2.78 bits per heavy atom. The van der Waals surface area contributed by atoms with Gasteiger partial charge in [-0.1, -0.05) is 11.8 Å². The molecule has 2 heterocycles. The second-order valence-electron chi connectivity index (χ2n) is 5.54. The van der Waals surface area contributed by atoms with Crippen molar-refractivity contribution in [2.45, 2.75) is 23.4 Å². The van der Waals surface area contributed by atoms with E-state index in [0.29, 0.717) is 33.8 Å². The lowest BCUT2D eigenvalue weighted by molar-refractivity contribution is -0.139. The van der Waals surface area contributed by atoms with E-state index in [1.807, 2.05) is 0 Å². The van der Waals surface area contributed by atoms with Gasteiger partial charge in [0.2, 0.25) is 0 Å². The van der Waals surface area contributed by atoms with Crippen LogP contribution < -0.4 is 15.0 Å². The first-order chi connectivity index (χ1) is 13.1.